The van der Waals surface area contributed by atoms with E-state index < -0.39 is 0 Å². The molecule has 0 aromatic carbocycles. The summed E-state index contributed by atoms with van der Waals surface area (Å²) in [5, 5.41) is 3.21. The summed E-state index contributed by atoms with van der Waals surface area (Å²) in [5.74, 6) is 1.12. The molecular weight excluding hydrogens is 258 g/mol. The number of anilines is 2. The fourth-order valence-corrected chi connectivity index (χ4v) is 2.31. The summed E-state index contributed by atoms with van der Waals surface area (Å²) in [5.41, 5.74) is 5.66. The molecule has 2 heterocycles. The molecule has 7 nitrogen and oxygen atoms in total. The zero-order chi connectivity index (χ0) is 14.4. The number of hydrogen-bond donors (Lipinski definition) is 2. The Morgan fingerprint density at radius 1 is 1.35 bits per heavy atom. The third-order valence-electron chi connectivity index (χ3n) is 3.34. The molecule has 2 unspecified atom stereocenters. The van der Waals surface area contributed by atoms with Crippen LogP contribution >= 0.6 is 0 Å². The van der Waals surface area contributed by atoms with E-state index in [9.17, 15) is 0 Å². The lowest BCUT2D eigenvalue weighted by Gasteiger charge is -2.17. The highest BCUT2D eigenvalue weighted by Gasteiger charge is 2.26. The molecule has 1 aliphatic heterocycles. The van der Waals surface area contributed by atoms with Crippen LogP contribution in [0.25, 0.3) is 0 Å². The van der Waals surface area contributed by atoms with Crippen LogP contribution in [0.1, 0.15) is 33.1 Å². The minimum Gasteiger partial charge on any atom is -0.463 e. The van der Waals surface area contributed by atoms with E-state index in [4.69, 9.17) is 15.2 Å². The highest BCUT2D eigenvalue weighted by atomic mass is 16.5. The number of nitrogens with one attached hydrogen (secondary N) is 1. The van der Waals surface area contributed by atoms with Crippen molar-refractivity contribution >= 4 is 11.9 Å². The molecule has 1 aromatic rings. The molecule has 2 rings (SSSR count). The Morgan fingerprint density at radius 3 is 2.95 bits per heavy atom. The quantitative estimate of drug-likeness (QED) is 0.781. The standard InChI is InChI=1S/C13H23N5O2/c1-3-6-20-13-17-11(14)16-12(18-13)15-8-9-5-7-19-10(9)4-2/h9-10H,3-8H2,1-2H3,(H3,14,15,16,17,18). The topological polar surface area (TPSA) is 95.2 Å². The van der Waals surface area contributed by atoms with Crippen molar-refractivity contribution in [2.75, 3.05) is 30.8 Å². The lowest BCUT2D eigenvalue weighted by molar-refractivity contribution is 0.0900. The van der Waals surface area contributed by atoms with E-state index in [1.807, 2.05) is 6.92 Å². The summed E-state index contributed by atoms with van der Waals surface area (Å²) in [6.45, 7) is 6.33. The number of ether oxygens (including phenoxy) is 2. The lowest BCUT2D eigenvalue weighted by Crippen LogP contribution is -2.23. The van der Waals surface area contributed by atoms with Crippen LogP contribution in [-0.4, -0.2) is 40.8 Å². The van der Waals surface area contributed by atoms with Crippen LogP contribution in [0.2, 0.25) is 0 Å². The Morgan fingerprint density at radius 2 is 2.20 bits per heavy atom. The first-order chi connectivity index (χ1) is 9.72. The maximum Gasteiger partial charge on any atom is 0.323 e. The van der Waals surface area contributed by atoms with Gasteiger partial charge in [0.15, 0.2) is 0 Å². The number of nitrogens with zero attached hydrogens (tertiary/aromatic N) is 3. The highest BCUT2D eigenvalue weighted by molar-refractivity contribution is 5.32. The zero-order valence-electron chi connectivity index (χ0n) is 12.1. The Bertz CT molecular complexity index is 429. The summed E-state index contributed by atoms with van der Waals surface area (Å²) >= 11 is 0. The summed E-state index contributed by atoms with van der Waals surface area (Å²) in [6, 6.07) is 0.275. The van der Waals surface area contributed by atoms with E-state index in [0.717, 1.165) is 32.4 Å². The van der Waals surface area contributed by atoms with Gasteiger partial charge in [0.05, 0.1) is 12.7 Å². The van der Waals surface area contributed by atoms with Gasteiger partial charge in [0, 0.05) is 19.1 Å². The van der Waals surface area contributed by atoms with Crippen molar-refractivity contribution in [1.82, 2.24) is 15.0 Å². The molecule has 0 amide bonds. The Balaban J connectivity index is 1.93. The van der Waals surface area contributed by atoms with Crippen molar-refractivity contribution in [3.05, 3.63) is 0 Å². The molecule has 0 aliphatic carbocycles. The largest absolute Gasteiger partial charge is 0.463 e. The van der Waals surface area contributed by atoms with Crippen molar-refractivity contribution in [3.8, 4) is 6.01 Å². The maximum absolute atomic E-state index is 5.66. The van der Waals surface area contributed by atoms with Crippen molar-refractivity contribution < 1.29 is 9.47 Å². The summed E-state index contributed by atoms with van der Waals surface area (Å²) in [4.78, 5) is 12.2. The van der Waals surface area contributed by atoms with Crippen LogP contribution < -0.4 is 15.8 Å². The van der Waals surface area contributed by atoms with Gasteiger partial charge in [-0.2, -0.15) is 15.0 Å². The highest BCUT2D eigenvalue weighted by Crippen LogP contribution is 2.23. The average Bonchev–Trinajstić information content (AvgIpc) is 2.90. The first-order valence-electron chi connectivity index (χ1n) is 7.22. The fourth-order valence-electron chi connectivity index (χ4n) is 2.31. The zero-order valence-corrected chi connectivity index (χ0v) is 12.1. The molecule has 0 saturated carbocycles. The van der Waals surface area contributed by atoms with Gasteiger partial charge in [-0.25, -0.2) is 0 Å². The summed E-state index contributed by atoms with van der Waals surface area (Å²) in [7, 11) is 0. The molecule has 0 radical (unpaired) electrons. The molecule has 112 valence electrons. The van der Waals surface area contributed by atoms with Gasteiger partial charge in [-0.1, -0.05) is 13.8 Å². The Kier molecular flexibility index (Phi) is 5.34. The number of nitrogen functional groups attached to an aromatic ring is 1. The second kappa shape index (κ2) is 7.23. The van der Waals surface area contributed by atoms with E-state index in [0.29, 0.717) is 24.6 Å². The molecule has 7 heteroatoms. The van der Waals surface area contributed by atoms with Gasteiger partial charge >= 0.3 is 6.01 Å². The minimum absolute atomic E-state index is 0.170. The Labute approximate surface area is 119 Å². The molecule has 2 atom stereocenters. The summed E-state index contributed by atoms with van der Waals surface area (Å²) in [6.07, 6.45) is 3.30. The van der Waals surface area contributed by atoms with E-state index in [1.165, 1.54) is 0 Å². The normalized spacial score (nSPS) is 21.9. The first-order valence-corrected chi connectivity index (χ1v) is 7.22. The molecule has 3 N–H and O–H groups in total. The monoisotopic (exact) mass is 281 g/mol. The van der Waals surface area contributed by atoms with Gasteiger partial charge in [-0.05, 0) is 19.3 Å². The van der Waals surface area contributed by atoms with E-state index in [1.54, 1.807) is 0 Å². The smallest absolute Gasteiger partial charge is 0.323 e. The molecule has 0 spiro atoms. The number of rotatable bonds is 7. The van der Waals surface area contributed by atoms with E-state index in [-0.39, 0.29) is 12.0 Å². The van der Waals surface area contributed by atoms with Gasteiger partial charge in [0.2, 0.25) is 11.9 Å². The number of aromatic nitrogens is 3. The van der Waals surface area contributed by atoms with Gasteiger partial charge in [-0.3, -0.25) is 0 Å². The van der Waals surface area contributed by atoms with Crippen LogP contribution in [0.5, 0.6) is 6.01 Å². The predicted octanol–water partition coefficient (Wildman–Crippen LogP) is 1.47. The van der Waals surface area contributed by atoms with Crippen LogP contribution in [0.4, 0.5) is 11.9 Å². The van der Waals surface area contributed by atoms with Gasteiger partial charge < -0.3 is 20.5 Å². The minimum atomic E-state index is 0.170. The summed E-state index contributed by atoms with van der Waals surface area (Å²) < 4.78 is 11.0. The maximum atomic E-state index is 5.66. The second-order valence-electron chi connectivity index (χ2n) is 4.90. The molecular formula is C13H23N5O2. The van der Waals surface area contributed by atoms with E-state index >= 15 is 0 Å². The molecule has 20 heavy (non-hydrogen) atoms. The second-order valence-corrected chi connectivity index (χ2v) is 4.90. The van der Waals surface area contributed by atoms with Crippen LogP contribution in [0.3, 0.4) is 0 Å². The fraction of sp³-hybridized carbons (Fsp3) is 0.769. The van der Waals surface area contributed by atoms with Crippen molar-refractivity contribution in [2.45, 2.75) is 39.2 Å². The number of hydrogen-bond acceptors (Lipinski definition) is 7. The van der Waals surface area contributed by atoms with Crippen molar-refractivity contribution in [3.63, 3.8) is 0 Å². The van der Waals surface area contributed by atoms with Crippen molar-refractivity contribution in [1.29, 1.82) is 0 Å². The third-order valence-corrected chi connectivity index (χ3v) is 3.34. The molecule has 1 saturated heterocycles. The van der Waals surface area contributed by atoms with Crippen molar-refractivity contribution in [2.24, 2.45) is 5.92 Å². The molecule has 0 bridgehead atoms. The SMILES string of the molecule is CCCOc1nc(N)nc(NCC2CCOC2CC)n1. The predicted molar refractivity (Wildman–Crippen MR) is 76.7 cm³/mol. The van der Waals surface area contributed by atoms with Gasteiger partial charge in [-0.15, -0.1) is 0 Å². The van der Waals surface area contributed by atoms with E-state index in [2.05, 4.69) is 27.2 Å². The number of nitrogens with two attached hydrogens (primary N) is 1. The third kappa shape index (κ3) is 3.93. The molecule has 1 aliphatic rings. The molecule has 1 fully saturated rings. The van der Waals surface area contributed by atoms with Crippen LogP contribution in [0, 0.1) is 5.92 Å². The van der Waals surface area contributed by atoms with Gasteiger partial charge in [0.25, 0.3) is 0 Å². The van der Waals surface area contributed by atoms with Crippen LogP contribution in [-0.2, 0) is 4.74 Å². The van der Waals surface area contributed by atoms with Gasteiger partial charge in [0.1, 0.15) is 0 Å². The Hall–Kier alpha value is -1.63. The average molecular weight is 281 g/mol. The van der Waals surface area contributed by atoms with Crippen LogP contribution in [0.15, 0.2) is 0 Å². The lowest BCUT2D eigenvalue weighted by atomic mass is 10.00. The molecule has 1 aromatic heterocycles. The first kappa shape index (κ1) is 14.8.